The van der Waals surface area contributed by atoms with Gasteiger partial charge in [0.1, 0.15) is 11.9 Å². The quantitative estimate of drug-likeness (QED) is 0.508. The van der Waals surface area contributed by atoms with Crippen LogP contribution in [0.3, 0.4) is 0 Å². The van der Waals surface area contributed by atoms with Crippen molar-refractivity contribution in [2.45, 2.75) is 51.3 Å². The molecule has 0 saturated carbocycles. The molecule has 0 aliphatic carbocycles. The first-order valence-corrected chi connectivity index (χ1v) is 12.0. The number of benzene rings is 2. The van der Waals surface area contributed by atoms with Gasteiger partial charge in [-0.05, 0) is 68.5 Å². The highest BCUT2D eigenvalue weighted by atomic mass is 16.5. The summed E-state index contributed by atoms with van der Waals surface area (Å²) >= 11 is 0. The van der Waals surface area contributed by atoms with E-state index in [-0.39, 0.29) is 18.1 Å². The predicted octanol–water partition coefficient (Wildman–Crippen LogP) is 4.18. The standard InChI is InChI=1S/C27H34N4O2/c1-22(12-21-31-17-5-16-28-31)29-27(32)24-8-10-25(11-9-24)33-26-14-19-30(20-15-26)18-13-23-6-3-2-4-7-23/h2-11,16-17,22,26H,12-15,18-21H2,1H3,(H,29,32)/t22-/m0/s1. The Bertz CT molecular complexity index is 965. The fraction of sp³-hybridized carbons (Fsp3) is 0.407. The molecule has 1 aromatic heterocycles. The van der Waals surface area contributed by atoms with Crippen molar-refractivity contribution in [3.63, 3.8) is 0 Å². The Morgan fingerprint density at radius 3 is 2.52 bits per heavy atom. The molecular weight excluding hydrogens is 412 g/mol. The molecule has 6 nitrogen and oxygen atoms in total. The number of amides is 1. The number of nitrogens with zero attached hydrogens (tertiary/aromatic N) is 3. The summed E-state index contributed by atoms with van der Waals surface area (Å²) in [5.74, 6) is 0.780. The second-order valence-corrected chi connectivity index (χ2v) is 8.85. The van der Waals surface area contributed by atoms with E-state index in [1.165, 1.54) is 5.56 Å². The van der Waals surface area contributed by atoms with E-state index >= 15 is 0 Å². The number of carbonyl (C=O) groups is 1. The number of aryl methyl sites for hydroxylation is 1. The third kappa shape index (κ3) is 7.19. The molecule has 33 heavy (non-hydrogen) atoms. The summed E-state index contributed by atoms with van der Waals surface area (Å²) in [6.45, 7) is 6.03. The lowest BCUT2D eigenvalue weighted by Crippen LogP contribution is -2.39. The van der Waals surface area contributed by atoms with Gasteiger partial charge >= 0.3 is 0 Å². The Hall–Kier alpha value is -3.12. The van der Waals surface area contributed by atoms with Crippen molar-refractivity contribution in [3.05, 3.63) is 84.2 Å². The van der Waals surface area contributed by atoms with E-state index in [9.17, 15) is 4.79 Å². The van der Waals surface area contributed by atoms with Gasteiger partial charge < -0.3 is 15.0 Å². The molecule has 2 aromatic carbocycles. The van der Waals surface area contributed by atoms with E-state index < -0.39 is 0 Å². The number of carbonyl (C=O) groups excluding carboxylic acids is 1. The second kappa shape index (κ2) is 11.7. The molecule has 0 unspecified atom stereocenters. The summed E-state index contributed by atoms with van der Waals surface area (Å²) in [5.41, 5.74) is 2.05. The van der Waals surface area contributed by atoms with Crippen LogP contribution in [-0.2, 0) is 13.0 Å². The van der Waals surface area contributed by atoms with Crippen molar-refractivity contribution in [3.8, 4) is 5.75 Å². The molecule has 0 radical (unpaired) electrons. The molecule has 0 bridgehead atoms. The van der Waals surface area contributed by atoms with E-state index in [2.05, 4.69) is 45.6 Å². The molecule has 0 spiro atoms. The molecule has 1 atom stereocenters. The number of nitrogens with one attached hydrogen (secondary N) is 1. The highest BCUT2D eigenvalue weighted by molar-refractivity contribution is 5.94. The Labute approximate surface area is 196 Å². The summed E-state index contributed by atoms with van der Waals surface area (Å²) in [4.78, 5) is 15.1. The number of likely N-dealkylation sites (tertiary alicyclic amines) is 1. The summed E-state index contributed by atoms with van der Waals surface area (Å²) < 4.78 is 8.07. The molecule has 1 amide bonds. The van der Waals surface area contributed by atoms with Crippen molar-refractivity contribution in [1.82, 2.24) is 20.0 Å². The largest absolute Gasteiger partial charge is 0.490 e. The first-order chi connectivity index (χ1) is 16.2. The highest BCUT2D eigenvalue weighted by Gasteiger charge is 2.20. The predicted molar refractivity (Wildman–Crippen MR) is 130 cm³/mol. The Morgan fingerprint density at radius 2 is 1.82 bits per heavy atom. The number of hydrogen-bond donors (Lipinski definition) is 1. The van der Waals surface area contributed by atoms with Crippen LogP contribution in [0.5, 0.6) is 5.75 Å². The molecule has 1 fully saturated rings. The molecule has 3 aromatic rings. The van der Waals surface area contributed by atoms with Gasteiger partial charge in [0.05, 0.1) is 0 Å². The summed E-state index contributed by atoms with van der Waals surface area (Å²) in [7, 11) is 0. The first-order valence-electron chi connectivity index (χ1n) is 12.0. The van der Waals surface area contributed by atoms with E-state index in [0.717, 1.165) is 57.6 Å². The molecular formula is C27H34N4O2. The van der Waals surface area contributed by atoms with E-state index in [0.29, 0.717) is 5.56 Å². The fourth-order valence-corrected chi connectivity index (χ4v) is 4.20. The van der Waals surface area contributed by atoms with Gasteiger partial charge in [-0.3, -0.25) is 9.48 Å². The lowest BCUT2D eigenvalue weighted by Gasteiger charge is -2.32. The first kappa shape index (κ1) is 23.1. The van der Waals surface area contributed by atoms with Gasteiger partial charge in [-0.15, -0.1) is 0 Å². The van der Waals surface area contributed by atoms with Gasteiger partial charge in [-0.1, -0.05) is 30.3 Å². The summed E-state index contributed by atoms with van der Waals surface area (Å²) in [6.07, 6.45) is 7.93. The number of aromatic nitrogens is 2. The minimum absolute atomic E-state index is 0.0544. The normalized spacial score (nSPS) is 15.8. The molecule has 1 aliphatic rings. The van der Waals surface area contributed by atoms with E-state index in [1.807, 2.05) is 48.1 Å². The fourth-order valence-electron chi connectivity index (χ4n) is 4.20. The second-order valence-electron chi connectivity index (χ2n) is 8.85. The van der Waals surface area contributed by atoms with Crippen molar-refractivity contribution >= 4 is 5.91 Å². The van der Waals surface area contributed by atoms with Crippen LogP contribution in [-0.4, -0.2) is 52.4 Å². The Morgan fingerprint density at radius 1 is 1.06 bits per heavy atom. The Kier molecular flexibility index (Phi) is 8.14. The topological polar surface area (TPSA) is 59.4 Å². The third-order valence-corrected chi connectivity index (χ3v) is 6.24. The molecule has 1 aliphatic heterocycles. The van der Waals surface area contributed by atoms with Crippen LogP contribution in [0.25, 0.3) is 0 Å². The van der Waals surface area contributed by atoms with Crippen molar-refractivity contribution < 1.29 is 9.53 Å². The number of rotatable bonds is 10. The van der Waals surface area contributed by atoms with Gasteiger partial charge in [-0.2, -0.15) is 5.10 Å². The van der Waals surface area contributed by atoms with Crippen LogP contribution in [0.2, 0.25) is 0 Å². The number of hydrogen-bond acceptors (Lipinski definition) is 4. The maximum absolute atomic E-state index is 12.5. The monoisotopic (exact) mass is 446 g/mol. The zero-order chi connectivity index (χ0) is 22.9. The molecule has 1 saturated heterocycles. The van der Waals surface area contributed by atoms with Gasteiger partial charge in [0.15, 0.2) is 0 Å². The summed E-state index contributed by atoms with van der Waals surface area (Å²) in [5, 5.41) is 7.26. The van der Waals surface area contributed by atoms with Crippen molar-refractivity contribution in [2.24, 2.45) is 0 Å². The zero-order valence-electron chi connectivity index (χ0n) is 19.4. The molecule has 4 rings (SSSR count). The minimum Gasteiger partial charge on any atom is -0.490 e. The third-order valence-electron chi connectivity index (χ3n) is 6.24. The van der Waals surface area contributed by atoms with Crippen LogP contribution >= 0.6 is 0 Å². The molecule has 6 heteroatoms. The van der Waals surface area contributed by atoms with Crippen LogP contribution in [0.15, 0.2) is 73.1 Å². The molecule has 2 heterocycles. The smallest absolute Gasteiger partial charge is 0.251 e. The van der Waals surface area contributed by atoms with Gasteiger partial charge in [0, 0.05) is 50.2 Å². The lowest BCUT2D eigenvalue weighted by atomic mass is 10.1. The van der Waals surface area contributed by atoms with Crippen molar-refractivity contribution in [2.75, 3.05) is 19.6 Å². The SMILES string of the molecule is C[C@@H](CCn1cccn1)NC(=O)c1ccc(OC2CCN(CCc3ccccc3)CC2)cc1. The number of ether oxygens (including phenoxy) is 1. The summed E-state index contributed by atoms with van der Waals surface area (Å²) in [6, 6.07) is 20.2. The maximum atomic E-state index is 12.5. The number of piperidine rings is 1. The Balaban J connectivity index is 1.17. The maximum Gasteiger partial charge on any atom is 0.251 e. The van der Waals surface area contributed by atoms with Gasteiger partial charge in [0.25, 0.3) is 5.91 Å². The van der Waals surface area contributed by atoms with Crippen LogP contribution in [0, 0.1) is 0 Å². The average molecular weight is 447 g/mol. The minimum atomic E-state index is -0.0544. The van der Waals surface area contributed by atoms with Gasteiger partial charge in [-0.25, -0.2) is 0 Å². The average Bonchev–Trinajstić information content (AvgIpc) is 3.37. The molecule has 174 valence electrons. The van der Waals surface area contributed by atoms with Crippen LogP contribution in [0.4, 0.5) is 0 Å². The van der Waals surface area contributed by atoms with Crippen molar-refractivity contribution in [1.29, 1.82) is 0 Å². The molecule has 1 N–H and O–H groups in total. The zero-order valence-corrected chi connectivity index (χ0v) is 19.4. The van der Waals surface area contributed by atoms with Gasteiger partial charge in [0.2, 0.25) is 0 Å². The lowest BCUT2D eigenvalue weighted by molar-refractivity contribution is 0.0936. The van der Waals surface area contributed by atoms with Crippen LogP contribution < -0.4 is 10.1 Å². The van der Waals surface area contributed by atoms with E-state index in [1.54, 1.807) is 6.20 Å². The van der Waals surface area contributed by atoms with E-state index in [4.69, 9.17) is 4.74 Å². The van der Waals surface area contributed by atoms with Crippen LogP contribution in [0.1, 0.15) is 42.1 Å². The highest BCUT2D eigenvalue weighted by Crippen LogP contribution is 2.20.